The Bertz CT molecular complexity index is 612. The van der Waals surface area contributed by atoms with Gasteiger partial charge >= 0.3 is 0 Å². The maximum atomic E-state index is 12.1. The van der Waals surface area contributed by atoms with Gasteiger partial charge in [-0.3, -0.25) is 4.79 Å². The molecule has 0 spiro atoms. The van der Waals surface area contributed by atoms with Gasteiger partial charge in [-0.05, 0) is 65.3 Å². The molecule has 2 rings (SSSR count). The van der Waals surface area contributed by atoms with Crippen molar-refractivity contribution in [2.45, 2.75) is 6.92 Å². The number of rotatable bonds is 4. The molecule has 1 N–H and O–H groups in total. The van der Waals surface area contributed by atoms with Crippen LogP contribution in [-0.4, -0.2) is 12.5 Å². The fraction of sp³-hybridized carbons (Fsp3) is 0.133. The monoisotopic (exact) mass is 397 g/mol. The van der Waals surface area contributed by atoms with Gasteiger partial charge in [-0.1, -0.05) is 15.9 Å². The van der Waals surface area contributed by atoms with E-state index in [-0.39, 0.29) is 5.91 Å². The van der Waals surface area contributed by atoms with Gasteiger partial charge in [-0.25, -0.2) is 0 Å². The lowest BCUT2D eigenvalue weighted by Crippen LogP contribution is -2.12. The molecule has 0 radical (unpaired) electrons. The standard InChI is InChI=1S/C15H13Br2NO2/c1-2-20-12-6-3-10(4-7-12)15(19)18-14-8-5-11(16)9-13(14)17/h3-9H,2H2,1H3,(H,18,19). The van der Waals surface area contributed by atoms with E-state index in [9.17, 15) is 4.79 Å². The zero-order chi connectivity index (χ0) is 14.5. The van der Waals surface area contributed by atoms with E-state index in [1.807, 2.05) is 25.1 Å². The van der Waals surface area contributed by atoms with Gasteiger partial charge in [-0.15, -0.1) is 0 Å². The number of hydrogen-bond donors (Lipinski definition) is 1. The van der Waals surface area contributed by atoms with Gasteiger partial charge < -0.3 is 10.1 Å². The second-order valence-corrected chi connectivity index (χ2v) is 5.81. The third kappa shape index (κ3) is 3.84. The second kappa shape index (κ2) is 6.90. The van der Waals surface area contributed by atoms with E-state index >= 15 is 0 Å². The Balaban J connectivity index is 2.11. The van der Waals surface area contributed by atoms with Crippen molar-refractivity contribution < 1.29 is 9.53 Å². The van der Waals surface area contributed by atoms with Gasteiger partial charge in [0, 0.05) is 14.5 Å². The molecule has 0 heterocycles. The van der Waals surface area contributed by atoms with E-state index in [2.05, 4.69) is 37.2 Å². The zero-order valence-corrected chi connectivity index (χ0v) is 14.0. The summed E-state index contributed by atoms with van der Waals surface area (Å²) in [4.78, 5) is 12.1. The third-order valence-electron chi connectivity index (χ3n) is 2.61. The number of carbonyl (C=O) groups excluding carboxylic acids is 1. The van der Waals surface area contributed by atoms with Crippen LogP contribution in [0.1, 0.15) is 17.3 Å². The minimum Gasteiger partial charge on any atom is -0.494 e. The minimum atomic E-state index is -0.156. The molecular formula is C15H13Br2NO2. The van der Waals surface area contributed by atoms with Crippen molar-refractivity contribution in [1.82, 2.24) is 0 Å². The fourth-order valence-electron chi connectivity index (χ4n) is 1.65. The first-order chi connectivity index (χ1) is 9.60. The lowest BCUT2D eigenvalue weighted by molar-refractivity contribution is 0.102. The molecule has 0 saturated carbocycles. The first kappa shape index (κ1) is 15.1. The maximum Gasteiger partial charge on any atom is 0.255 e. The SMILES string of the molecule is CCOc1ccc(C(=O)Nc2ccc(Br)cc2Br)cc1. The van der Waals surface area contributed by atoms with Crippen LogP contribution in [0, 0.1) is 0 Å². The van der Waals surface area contributed by atoms with Crippen LogP contribution in [0.25, 0.3) is 0 Å². The summed E-state index contributed by atoms with van der Waals surface area (Å²) >= 11 is 6.79. The van der Waals surface area contributed by atoms with Gasteiger partial charge in [0.1, 0.15) is 5.75 Å². The summed E-state index contributed by atoms with van der Waals surface area (Å²) in [6.07, 6.45) is 0. The number of benzene rings is 2. The molecule has 0 aliphatic rings. The van der Waals surface area contributed by atoms with Crippen molar-refractivity contribution in [2.24, 2.45) is 0 Å². The van der Waals surface area contributed by atoms with Crippen LogP contribution in [0.3, 0.4) is 0 Å². The smallest absolute Gasteiger partial charge is 0.255 e. The fourth-order valence-corrected chi connectivity index (χ4v) is 2.80. The van der Waals surface area contributed by atoms with Crippen LogP contribution >= 0.6 is 31.9 Å². The van der Waals surface area contributed by atoms with Gasteiger partial charge in [-0.2, -0.15) is 0 Å². The summed E-state index contributed by atoms with van der Waals surface area (Å²) in [6.45, 7) is 2.53. The lowest BCUT2D eigenvalue weighted by atomic mass is 10.2. The van der Waals surface area contributed by atoms with Crippen molar-refractivity contribution >= 4 is 43.5 Å². The second-order valence-electron chi connectivity index (χ2n) is 4.04. The highest BCUT2D eigenvalue weighted by Crippen LogP contribution is 2.26. The van der Waals surface area contributed by atoms with Gasteiger partial charge in [0.25, 0.3) is 5.91 Å². The quantitative estimate of drug-likeness (QED) is 0.798. The predicted molar refractivity (Wildman–Crippen MR) is 87.4 cm³/mol. The summed E-state index contributed by atoms with van der Waals surface area (Å²) in [5, 5.41) is 2.86. The van der Waals surface area contributed by atoms with E-state index in [1.54, 1.807) is 24.3 Å². The summed E-state index contributed by atoms with van der Waals surface area (Å²) in [7, 11) is 0. The largest absolute Gasteiger partial charge is 0.494 e. The van der Waals surface area contributed by atoms with Crippen LogP contribution in [0.15, 0.2) is 51.4 Å². The molecule has 2 aromatic carbocycles. The van der Waals surface area contributed by atoms with E-state index in [0.29, 0.717) is 12.2 Å². The summed E-state index contributed by atoms with van der Waals surface area (Å²) in [6, 6.07) is 12.7. The number of amides is 1. The third-order valence-corrected chi connectivity index (χ3v) is 3.76. The first-order valence-electron chi connectivity index (χ1n) is 6.09. The van der Waals surface area contributed by atoms with E-state index in [1.165, 1.54) is 0 Å². The summed E-state index contributed by atoms with van der Waals surface area (Å²) in [5.41, 5.74) is 1.32. The van der Waals surface area contributed by atoms with Crippen LogP contribution in [-0.2, 0) is 0 Å². The summed E-state index contributed by atoms with van der Waals surface area (Å²) in [5.74, 6) is 0.602. The van der Waals surface area contributed by atoms with Crippen molar-refractivity contribution in [1.29, 1.82) is 0 Å². The van der Waals surface area contributed by atoms with Gasteiger partial charge in [0.15, 0.2) is 0 Å². The van der Waals surface area contributed by atoms with E-state index in [4.69, 9.17) is 4.74 Å². The van der Waals surface area contributed by atoms with E-state index < -0.39 is 0 Å². The molecule has 0 bridgehead atoms. The number of ether oxygens (including phenoxy) is 1. The number of halogens is 2. The molecule has 0 aliphatic heterocycles. The highest BCUT2D eigenvalue weighted by molar-refractivity contribution is 9.11. The normalized spacial score (nSPS) is 10.2. The molecule has 0 unspecified atom stereocenters. The highest BCUT2D eigenvalue weighted by Gasteiger charge is 2.08. The predicted octanol–water partition coefficient (Wildman–Crippen LogP) is 4.86. The van der Waals surface area contributed by atoms with Gasteiger partial charge in [0.05, 0.1) is 12.3 Å². The Morgan fingerprint density at radius 3 is 2.45 bits per heavy atom. The summed E-state index contributed by atoms with van der Waals surface area (Å²) < 4.78 is 7.12. The van der Waals surface area contributed by atoms with E-state index in [0.717, 1.165) is 20.4 Å². The highest BCUT2D eigenvalue weighted by atomic mass is 79.9. The molecule has 104 valence electrons. The molecule has 0 aromatic heterocycles. The molecule has 1 amide bonds. The topological polar surface area (TPSA) is 38.3 Å². The molecule has 2 aromatic rings. The molecule has 0 aliphatic carbocycles. The molecule has 20 heavy (non-hydrogen) atoms. The maximum absolute atomic E-state index is 12.1. The van der Waals surface area contributed by atoms with Crippen molar-refractivity contribution in [3.8, 4) is 5.75 Å². The molecule has 3 nitrogen and oxygen atoms in total. The van der Waals surface area contributed by atoms with Crippen LogP contribution < -0.4 is 10.1 Å². The number of carbonyl (C=O) groups is 1. The van der Waals surface area contributed by atoms with Crippen molar-refractivity contribution in [2.75, 3.05) is 11.9 Å². The van der Waals surface area contributed by atoms with Gasteiger partial charge in [0.2, 0.25) is 0 Å². The molecule has 0 atom stereocenters. The lowest BCUT2D eigenvalue weighted by Gasteiger charge is -2.08. The molecular weight excluding hydrogens is 386 g/mol. The molecule has 5 heteroatoms. The minimum absolute atomic E-state index is 0.156. The Labute approximate surface area is 134 Å². The Hall–Kier alpha value is -1.33. The Kier molecular flexibility index (Phi) is 5.20. The van der Waals surface area contributed by atoms with Crippen LogP contribution in [0.5, 0.6) is 5.75 Å². The number of anilines is 1. The number of nitrogens with one attached hydrogen (secondary N) is 1. The Morgan fingerprint density at radius 1 is 1.15 bits per heavy atom. The van der Waals surface area contributed by atoms with Crippen LogP contribution in [0.4, 0.5) is 5.69 Å². The molecule has 0 fully saturated rings. The average Bonchev–Trinajstić information content (AvgIpc) is 2.43. The van der Waals surface area contributed by atoms with Crippen molar-refractivity contribution in [3.05, 3.63) is 57.0 Å². The van der Waals surface area contributed by atoms with Crippen LogP contribution in [0.2, 0.25) is 0 Å². The number of hydrogen-bond acceptors (Lipinski definition) is 2. The average molecular weight is 399 g/mol. The van der Waals surface area contributed by atoms with Crippen molar-refractivity contribution in [3.63, 3.8) is 0 Å². The first-order valence-corrected chi connectivity index (χ1v) is 7.68. The molecule has 0 saturated heterocycles. The zero-order valence-electron chi connectivity index (χ0n) is 10.8. The Morgan fingerprint density at radius 2 is 1.85 bits per heavy atom.